The molecule has 1 rings (SSSR count). The first-order valence-electron chi connectivity index (χ1n) is 11.4. The van der Waals surface area contributed by atoms with E-state index in [1.165, 1.54) is 12.0 Å². The van der Waals surface area contributed by atoms with Gasteiger partial charge in [0.15, 0.2) is 0 Å². The van der Waals surface area contributed by atoms with Crippen molar-refractivity contribution < 1.29 is 14.3 Å². The largest absolute Gasteiger partial charge is 0.493 e. The Balaban J connectivity index is 3.11. The third-order valence-electron chi connectivity index (χ3n) is 5.29. The number of esters is 1. The Morgan fingerprint density at radius 1 is 0.967 bits per heavy atom. The highest BCUT2D eigenvalue weighted by molar-refractivity contribution is 5.73. The summed E-state index contributed by atoms with van der Waals surface area (Å²) in [6.45, 7) is 22.0. The van der Waals surface area contributed by atoms with Crippen LogP contribution in [0.15, 0.2) is 23.8 Å². The summed E-state index contributed by atoms with van der Waals surface area (Å²) in [7, 11) is 0. The number of rotatable bonds is 9. The maximum atomic E-state index is 12.0. The first-order chi connectivity index (χ1) is 13.8. The van der Waals surface area contributed by atoms with Crippen LogP contribution in [0.3, 0.4) is 0 Å². The smallest absolute Gasteiger partial charge is 0.310 e. The Bertz CT molecular complexity index is 726. The molecule has 1 aromatic carbocycles. The van der Waals surface area contributed by atoms with E-state index in [4.69, 9.17) is 9.47 Å². The van der Waals surface area contributed by atoms with Gasteiger partial charge in [0, 0.05) is 17.5 Å². The molecule has 0 saturated carbocycles. The molecule has 0 radical (unpaired) electrons. The van der Waals surface area contributed by atoms with E-state index in [0.29, 0.717) is 24.7 Å². The molecule has 3 nitrogen and oxygen atoms in total. The summed E-state index contributed by atoms with van der Waals surface area (Å²) in [5, 5.41) is 0. The number of allylic oxidation sites excluding steroid dienone is 2. The molecule has 0 N–H and O–H groups in total. The first kappa shape index (κ1) is 26.3. The molecular weight excluding hydrogens is 372 g/mol. The number of carbonyl (C=O) groups excluding carboxylic acids is 1. The van der Waals surface area contributed by atoms with Gasteiger partial charge in [-0.3, -0.25) is 4.79 Å². The van der Waals surface area contributed by atoms with Crippen molar-refractivity contribution in [3.8, 4) is 11.5 Å². The van der Waals surface area contributed by atoms with Gasteiger partial charge in [0.2, 0.25) is 0 Å². The third-order valence-corrected chi connectivity index (χ3v) is 5.29. The van der Waals surface area contributed by atoms with Gasteiger partial charge >= 0.3 is 5.97 Å². The molecule has 0 saturated heterocycles. The second-order valence-corrected chi connectivity index (χ2v) is 10.8. The number of carbonyl (C=O) groups is 1. The predicted octanol–water partition coefficient (Wildman–Crippen LogP) is 7.75. The van der Waals surface area contributed by atoms with Crippen LogP contribution in [0.5, 0.6) is 11.5 Å². The van der Waals surface area contributed by atoms with Gasteiger partial charge < -0.3 is 9.47 Å². The van der Waals surface area contributed by atoms with Crippen LogP contribution < -0.4 is 9.47 Å². The molecule has 0 aromatic heterocycles. The van der Waals surface area contributed by atoms with Crippen molar-refractivity contribution in [2.75, 3.05) is 6.61 Å². The van der Waals surface area contributed by atoms with E-state index in [9.17, 15) is 4.79 Å². The van der Waals surface area contributed by atoms with E-state index in [-0.39, 0.29) is 16.8 Å². The summed E-state index contributed by atoms with van der Waals surface area (Å²) in [4.78, 5) is 12.0. The standard InChI is InChI=1S/C27H44O3/c1-11-25(28)30-24-18-21(26(5,6)7)23(17-22(24)27(8,9)10)29-16-15-20(4)14-12-13-19(2)3/h13,17-18,20H,11-12,14-16H2,1-10H3/t20-/m0/s1. The van der Waals surface area contributed by atoms with Gasteiger partial charge in [-0.05, 0) is 62.0 Å². The van der Waals surface area contributed by atoms with Crippen LogP contribution in [0.4, 0.5) is 0 Å². The molecule has 0 unspecified atom stereocenters. The zero-order chi connectivity index (χ0) is 23.1. The minimum Gasteiger partial charge on any atom is -0.493 e. The lowest BCUT2D eigenvalue weighted by Crippen LogP contribution is -2.20. The molecule has 30 heavy (non-hydrogen) atoms. The maximum Gasteiger partial charge on any atom is 0.310 e. The molecule has 1 atom stereocenters. The molecule has 0 amide bonds. The highest BCUT2D eigenvalue weighted by atomic mass is 16.5. The molecule has 0 fully saturated rings. The average Bonchev–Trinajstić information content (AvgIpc) is 2.60. The van der Waals surface area contributed by atoms with Crippen molar-refractivity contribution in [3.63, 3.8) is 0 Å². The Morgan fingerprint density at radius 2 is 1.50 bits per heavy atom. The van der Waals surface area contributed by atoms with Crippen LogP contribution in [-0.2, 0) is 15.6 Å². The highest BCUT2D eigenvalue weighted by Crippen LogP contribution is 2.41. The average molecular weight is 417 g/mol. The lowest BCUT2D eigenvalue weighted by atomic mass is 9.81. The summed E-state index contributed by atoms with van der Waals surface area (Å²) in [5.74, 6) is 1.96. The fraction of sp³-hybridized carbons (Fsp3) is 0.667. The monoisotopic (exact) mass is 416 g/mol. The van der Waals surface area contributed by atoms with E-state index in [0.717, 1.165) is 29.7 Å². The summed E-state index contributed by atoms with van der Waals surface area (Å²) in [6, 6.07) is 4.11. The lowest BCUT2D eigenvalue weighted by Gasteiger charge is -2.29. The minimum absolute atomic E-state index is 0.117. The Labute approximate surface area is 185 Å². The van der Waals surface area contributed by atoms with Crippen LogP contribution in [-0.4, -0.2) is 12.6 Å². The second-order valence-electron chi connectivity index (χ2n) is 10.8. The second kappa shape index (κ2) is 11.0. The molecule has 170 valence electrons. The van der Waals surface area contributed by atoms with E-state index in [2.05, 4.69) is 74.5 Å². The Kier molecular flexibility index (Phi) is 9.65. The Morgan fingerprint density at radius 3 is 2.00 bits per heavy atom. The van der Waals surface area contributed by atoms with Gasteiger partial charge in [-0.25, -0.2) is 0 Å². The number of hydrogen-bond donors (Lipinski definition) is 0. The van der Waals surface area contributed by atoms with Crippen molar-refractivity contribution in [2.24, 2.45) is 5.92 Å². The number of hydrogen-bond acceptors (Lipinski definition) is 3. The molecule has 3 heteroatoms. The first-order valence-corrected chi connectivity index (χ1v) is 11.4. The summed E-state index contributed by atoms with van der Waals surface area (Å²) in [5.41, 5.74) is 3.19. The van der Waals surface area contributed by atoms with Crippen LogP contribution in [0.25, 0.3) is 0 Å². The molecule has 0 aliphatic heterocycles. The van der Waals surface area contributed by atoms with Gasteiger partial charge in [0.1, 0.15) is 11.5 Å². The van der Waals surface area contributed by atoms with E-state index in [1.807, 2.05) is 13.0 Å². The van der Waals surface area contributed by atoms with Crippen LogP contribution in [0.1, 0.15) is 106 Å². The van der Waals surface area contributed by atoms with E-state index in [1.54, 1.807) is 0 Å². The van der Waals surface area contributed by atoms with Crippen molar-refractivity contribution >= 4 is 5.97 Å². The molecule has 0 spiro atoms. The van der Waals surface area contributed by atoms with Crippen molar-refractivity contribution in [3.05, 3.63) is 34.9 Å². The molecule has 0 bridgehead atoms. The quantitative estimate of drug-likeness (QED) is 0.234. The van der Waals surface area contributed by atoms with Gasteiger partial charge in [-0.15, -0.1) is 0 Å². The topological polar surface area (TPSA) is 35.5 Å². The van der Waals surface area contributed by atoms with Crippen molar-refractivity contribution in [1.82, 2.24) is 0 Å². The fourth-order valence-electron chi connectivity index (χ4n) is 3.30. The fourth-order valence-corrected chi connectivity index (χ4v) is 3.30. The third kappa shape index (κ3) is 8.53. The van der Waals surface area contributed by atoms with Gasteiger partial charge in [-0.1, -0.05) is 67.0 Å². The van der Waals surface area contributed by atoms with Crippen LogP contribution in [0, 0.1) is 5.92 Å². The summed E-state index contributed by atoms with van der Waals surface area (Å²) < 4.78 is 12.0. The normalized spacial score (nSPS) is 13.0. The predicted molar refractivity (Wildman–Crippen MR) is 128 cm³/mol. The molecule has 0 aliphatic carbocycles. The number of ether oxygens (including phenoxy) is 2. The molecule has 0 aliphatic rings. The maximum absolute atomic E-state index is 12.0. The van der Waals surface area contributed by atoms with E-state index >= 15 is 0 Å². The van der Waals surface area contributed by atoms with Crippen LogP contribution in [0.2, 0.25) is 0 Å². The highest BCUT2D eigenvalue weighted by Gasteiger charge is 2.27. The minimum atomic E-state index is -0.209. The molecule has 0 heterocycles. The number of benzene rings is 1. The Hall–Kier alpha value is -1.77. The van der Waals surface area contributed by atoms with Gasteiger partial charge in [0.05, 0.1) is 6.61 Å². The van der Waals surface area contributed by atoms with Gasteiger partial charge in [-0.2, -0.15) is 0 Å². The van der Waals surface area contributed by atoms with Gasteiger partial charge in [0.25, 0.3) is 0 Å². The van der Waals surface area contributed by atoms with Crippen molar-refractivity contribution in [2.45, 2.75) is 106 Å². The zero-order valence-corrected chi connectivity index (χ0v) is 21.1. The van der Waals surface area contributed by atoms with Crippen LogP contribution >= 0.6 is 0 Å². The molecular formula is C27H44O3. The summed E-state index contributed by atoms with van der Waals surface area (Å²) >= 11 is 0. The van der Waals surface area contributed by atoms with E-state index < -0.39 is 0 Å². The zero-order valence-electron chi connectivity index (χ0n) is 21.1. The summed E-state index contributed by atoms with van der Waals surface area (Å²) in [6.07, 6.45) is 6.00. The SMILES string of the molecule is CCC(=O)Oc1cc(C(C)(C)C)c(OCC[C@@H](C)CCC=C(C)C)cc1C(C)(C)C. The molecule has 1 aromatic rings. The van der Waals surface area contributed by atoms with Crippen molar-refractivity contribution in [1.29, 1.82) is 0 Å². The lowest BCUT2D eigenvalue weighted by molar-refractivity contribution is -0.134.